The maximum atomic E-state index is 13.0. The summed E-state index contributed by atoms with van der Waals surface area (Å²) in [5, 5.41) is 10.6. The standard InChI is InChI=1S/C66H128O17P2/c1-9-59(8)45-37-29-24-25-33-41-49-66(71)83-62(53-76-63(68)46-38-30-21-14-10-12-18-26-34-42-56(2)3)55-81-85(74,75)79-51-60(67)50-78-84(72,73)80-54-61(52-77-64(69)47-39-31-22-17-16-20-28-36-44-58(6)7)82-65(70)48-40-32-23-15-11-13-19-27-35-43-57(4)5/h56-62,67H,9-55H2,1-8H3,(H,72,73)(H,74,75)/t59?,60?,61-,62-/m1/s1. The summed E-state index contributed by atoms with van der Waals surface area (Å²) >= 11 is 0. The van der Waals surface area contributed by atoms with E-state index < -0.39 is 97.5 Å². The third-order valence-corrected chi connectivity index (χ3v) is 17.3. The quantitative estimate of drug-likeness (QED) is 0.0222. The monoisotopic (exact) mass is 1250 g/mol. The number of unbranched alkanes of at least 4 members (excludes halogenated alkanes) is 28. The third-order valence-electron chi connectivity index (χ3n) is 15.4. The topological polar surface area (TPSA) is 237 Å². The fourth-order valence-electron chi connectivity index (χ4n) is 9.75. The first kappa shape index (κ1) is 83.1. The lowest BCUT2D eigenvalue weighted by atomic mass is 10.00. The second-order valence-corrected chi connectivity index (χ2v) is 28.4. The van der Waals surface area contributed by atoms with Crippen molar-refractivity contribution < 1.29 is 80.2 Å². The van der Waals surface area contributed by atoms with Crippen LogP contribution in [0.4, 0.5) is 0 Å². The zero-order valence-corrected chi connectivity index (χ0v) is 57.0. The highest BCUT2D eigenvalue weighted by atomic mass is 31.2. The first-order valence-corrected chi connectivity index (χ1v) is 37.2. The highest BCUT2D eigenvalue weighted by Crippen LogP contribution is 2.45. The van der Waals surface area contributed by atoms with Crippen molar-refractivity contribution in [2.24, 2.45) is 23.7 Å². The number of phosphoric acid groups is 2. The van der Waals surface area contributed by atoms with Gasteiger partial charge in [-0.3, -0.25) is 37.3 Å². The summed E-state index contributed by atoms with van der Waals surface area (Å²) in [5.74, 6) is 0.788. The fourth-order valence-corrected chi connectivity index (χ4v) is 11.3. The Morgan fingerprint density at radius 2 is 0.565 bits per heavy atom. The number of hydrogen-bond donors (Lipinski definition) is 3. The van der Waals surface area contributed by atoms with Crippen LogP contribution in [-0.2, 0) is 65.4 Å². The van der Waals surface area contributed by atoms with Gasteiger partial charge in [-0.2, -0.15) is 0 Å². The predicted molar refractivity (Wildman–Crippen MR) is 340 cm³/mol. The molecular formula is C66H128O17P2. The average molecular weight is 1260 g/mol. The van der Waals surface area contributed by atoms with Crippen LogP contribution in [0.25, 0.3) is 0 Å². The second-order valence-electron chi connectivity index (χ2n) is 25.5. The summed E-state index contributed by atoms with van der Waals surface area (Å²) in [6, 6.07) is 0. The van der Waals surface area contributed by atoms with Crippen LogP contribution in [0.1, 0.15) is 319 Å². The lowest BCUT2D eigenvalue weighted by molar-refractivity contribution is -0.161. The predicted octanol–water partition coefficient (Wildman–Crippen LogP) is 18.1. The van der Waals surface area contributed by atoms with E-state index in [1.165, 1.54) is 122 Å². The number of aliphatic hydroxyl groups excluding tert-OH is 1. The van der Waals surface area contributed by atoms with Crippen LogP contribution in [0.3, 0.4) is 0 Å². The molecule has 0 aliphatic rings. The minimum atomic E-state index is -4.95. The molecule has 0 heterocycles. The molecule has 0 spiro atoms. The van der Waals surface area contributed by atoms with Crippen molar-refractivity contribution in [3.8, 4) is 0 Å². The van der Waals surface area contributed by atoms with E-state index in [9.17, 15) is 43.2 Å². The number of phosphoric ester groups is 2. The Morgan fingerprint density at radius 1 is 0.329 bits per heavy atom. The van der Waals surface area contributed by atoms with Crippen LogP contribution in [0.2, 0.25) is 0 Å². The van der Waals surface area contributed by atoms with Gasteiger partial charge in [0.05, 0.1) is 26.4 Å². The molecule has 17 nitrogen and oxygen atoms in total. The van der Waals surface area contributed by atoms with E-state index in [0.717, 1.165) is 114 Å². The van der Waals surface area contributed by atoms with E-state index in [-0.39, 0.29) is 25.7 Å². The summed E-state index contributed by atoms with van der Waals surface area (Å²) in [6.07, 6.45) is 36.3. The molecule has 6 atom stereocenters. The van der Waals surface area contributed by atoms with Crippen molar-refractivity contribution in [1.82, 2.24) is 0 Å². The summed E-state index contributed by atoms with van der Waals surface area (Å²) in [7, 11) is -9.89. The maximum Gasteiger partial charge on any atom is 0.472 e. The van der Waals surface area contributed by atoms with E-state index in [1.54, 1.807) is 0 Å². The summed E-state index contributed by atoms with van der Waals surface area (Å²) < 4.78 is 68.1. The first-order chi connectivity index (χ1) is 40.6. The van der Waals surface area contributed by atoms with Gasteiger partial charge in [0.25, 0.3) is 0 Å². The molecule has 0 amide bonds. The average Bonchev–Trinajstić information content (AvgIpc) is 3.61. The first-order valence-electron chi connectivity index (χ1n) is 34.2. The van der Waals surface area contributed by atoms with Crippen molar-refractivity contribution >= 4 is 39.5 Å². The van der Waals surface area contributed by atoms with Crippen LogP contribution in [0.15, 0.2) is 0 Å². The molecule has 0 saturated heterocycles. The molecule has 0 bridgehead atoms. The Bertz CT molecular complexity index is 1700. The van der Waals surface area contributed by atoms with Gasteiger partial charge in [-0.25, -0.2) is 9.13 Å². The molecule has 0 aliphatic heterocycles. The summed E-state index contributed by atoms with van der Waals surface area (Å²) in [6.45, 7) is 14.0. The number of hydrogen-bond acceptors (Lipinski definition) is 15. The van der Waals surface area contributed by atoms with Gasteiger partial charge in [0, 0.05) is 25.7 Å². The lowest BCUT2D eigenvalue weighted by Gasteiger charge is -2.21. The lowest BCUT2D eigenvalue weighted by Crippen LogP contribution is -2.30. The Kier molecular flexibility index (Phi) is 54.8. The van der Waals surface area contributed by atoms with Crippen molar-refractivity contribution in [3.63, 3.8) is 0 Å². The number of carbonyl (C=O) groups is 4. The number of aliphatic hydroxyl groups is 1. The molecule has 19 heteroatoms. The van der Waals surface area contributed by atoms with Crippen LogP contribution < -0.4 is 0 Å². The highest BCUT2D eigenvalue weighted by molar-refractivity contribution is 7.47. The highest BCUT2D eigenvalue weighted by Gasteiger charge is 2.30. The largest absolute Gasteiger partial charge is 0.472 e. The molecule has 0 saturated carbocycles. The molecule has 4 unspecified atom stereocenters. The molecule has 0 aliphatic carbocycles. The maximum absolute atomic E-state index is 13.0. The van der Waals surface area contributed by atoms with Crippen LogP contribution >= 0.6 is 15.6 Å². The number of rotatable bonds is 63. The Labute approximate surface area is 517 Å². The van der Waals surface area contributed by atoms with E-state index >= 15 is 0 Å². The minimum Gasteiger partial charge on any atom is -0.462 e. The molecule has 0 aromatic rings. The molecule has 85 heavy (non-hydrogen) atoms. The van der Waals surface area contributed by atoms with Gasteiger partial charge < -0.3 is 33.8 Å². The van der Waals surface area contributed by atoms with Gasteiger partial charge >= 0.3 is 39.5 Å². The van der Waals surface area contributed by atoms with E-state index in [1.807, 2.05) is 0 Å². The summed E-state index contributed by atoms with van der Waals surface area (Å²) in [4.78, 5) is 72.3. The van der Waals surface area contributed by atoms with Crippen molar-refractivity contribution in [2.45, 2.75) is 337 Å². The molecule has 3 N–H and O–H groups in total. The number of esters is 4. The van der Waals surface area contributed by atoms with Crippen LogP contribution in [-0.4, -0.2) is 96.7 Å². The smallest absolute Gasteiger partial charge is 0.462 e. The van der Waals surface area contributed by atoms with Gasteiger partial charge in [-0.05, 0) is 49.4 Å². The van der Waals surface area contributed by atoms with Gasteiger partial charge in [0.2, 0.25) is 0 Å². The zero-order chi connectivity index (χ0) is 63.2. The van der Waals surface area contributed by atoms with Crippen LogP contribution in [0, 0.1) is 23.7 Å². The number of ether oxygens (including phenoxy) is 4. The van der Waals surface area contributed by atoms with E-state index in [2.05, 4.69) is 55.4 Å². The number of carbonyl (C=O) groups excluding carboxylic acids is 4. The molecule has 0 rings (SSSR count). The van der Waals surface area contributed by atoms with E-state index in [0.29, 0.717) is 25.7 Å². The van der Waals surface area contributed by atoms with Gasteiger partial charge in [0.1, 0.15) is 19.3 Å². The normalized spacial score (nSPS) is 14.7. The molecular weight excluding hydrogens is 1130 g/mol. The molecule has 0 radical (unpaired) electrons. The zero-order valence-electron chi connectivity index (χ0n) is 55.2. The SMILES string of the molecule is CCC(C)CCCCCCCCC(=O)O[C@H](COC(=O)CCCCCCCCCCCC(C)C)COP(=O)(O)OCC(O)COP(=O)(O)OC[C@@H](COC(=O)CCCCCCCCCCC(C)C)OC(=O)CCCCCCCCCCCC(C)C. The Hall–Kier alpha value is -1.94. The molecule has 0 aromatic carbocycles. The summed E-state index contributed by atoms with van der Waals surface area (Å²) in [5.41, 5.74) is 0. The molecule has 0 fully saturated rings. The minimum absolute atomic E-state index is 0.102. The third kappa shape index (κ3) is 59.5. The van der Waals surface area contributed by atoms with Crippen molar-refractivity contribution in [2.75, 3.05) is 39.6 Å². The van der Waals surface area contributed by atoms with Gasteiger partial charge in [-0.15, -0.1) is 0 Å². The fraction of sp³-hybridized carbons (Fsp3) is 0.939. The second kappa shape index (κ2) is 56.1. The Morgan fingerprint density at radius 3 is 0.835 bits per heavy atom. The Balaban J connectivity index is 5.26. The van der Waals surface area contributed by atoms with Crippen molar-refractivity contribution in [3.05, 3.63) is 0 Å². The molecule has 504 valence electrons. The van der Waals surface area contributed by atoms with Crippen molar-refractivity contribution in [1.29, 1.82) is 0 Å². The van der Waals surface area contributed by atoms with E-state index in [4.69, 9.17) is 37.0 Å². The van der Waals surface area contributed by atoms with Crippen LogP contribution in [0.5, 0.6) is 0 Å². The van der Waals surface area contributed by atoms with Gasteiger partial charge in [-0.1, -0.05) is 267 Å². The molecule has 0 aromatic heterocycles. The van der Waals surface area contributed by atoms with Gasteiger partial charge in [0.15, 0.2) is 12.2 Å².